The van der Waals surface area contributed by atoms with E-state index in [1.807, 2.05) is 6.92 Å². The monoisotopic (exact) mass is 307 g/mol. The van der Waals surface area contributed by atoms with Gasteiger partial charge in [-0.3, -0.25) is 9.29 Å². The summed E-state index contributed by atoms with van der Waals surface area (Å²) < 4.78 is 31.8. The van der Waals surface area contributed by atoms with Crippen LogP contribution in [0.1, 0.15) is 12.5 Å². The number of hydrogen-bond acceptors (Lipinski definition) is 5. The Morgan fingerprint density at radius 3 is 2.62 bits per heavy atom. The third-order valence-electron chi connectivity index (χ3n) is 2.97. The molecular weight excluding hydrogens is 290 g/mol. The molecule has 0 atom stereocenters. The largest absolute Gasteiger partial charge is 0.494 e. The maximum atomic E-state index is 12.6. The Morgan fingerprint density at radius 2 is 2.05 bits per heavy atom. The van der Waals surface area contributed by atoms with Crippen LogP contribution in [0.5, 0.6) is 5.75 Å². The van der Waals surface area contributed by atoms with E-state index in [9.17, 15) is 8.42 Å². The van der Waals surface area contributed by atoms with Gasteiger partial charge in [-0.05, 0) is 37.6 Å². The van der Waals surface area contributed by atoms with Crippen molar-refractivity contribution < 1.29 is 13.2 Å². The van der Waals surface area contributed by atoms with Crippen molar-refractivity contribution in [2.24, 2.45) is 0 Å². The average molecular weight is 307 g/mol. The van der Waals surface area contributed by atoms with Crippen molar-refractivity contribution in [1.82, 2.24) is 9.97 Å². The number of nitrogens with zero attached hydrogens (tertiary/aromatic N) is 3. The van der Waals surface area contributed by atoms with Crippen molar-refractivity contribution in [3.05, 3.63) is 42.4 Å². The minimum Gasteiger partial charge on any atom is -0.494 e. The van der Waals surface area contributed by atoms with Crippen molar-refractivity contribution in [3.63, 3.8) is 0 Å². The molecule has 1 aromatic carbocycles. The van der Waals surface area contributed by atoms with Crippen LogP contribution >= 0.6 is 0 Å². The highest BCUT2D eigenvalue weighted by molar-refractivity contribution is 7.92. The van der Waals surface area contributed by atoms with Gasteiger partial charge in [0.05, 0.1) is 17.7 Å². The molecule has 0 amide bonds. The SMILES string of the molecule is CCOc1ccc(S(=O)(=O)N(C)c2cnccn2)c(C)c1. The van der Waals surface area contributed by atoms with Crippen LogP contribution in [0.3, 0.4) is 0 Å². The Morgan fingerprint density at radius 1 is 1.29 bits per heavy atom. The van der Waals surface area contributed by atoms with Gasteiger partial charge in [-0.15, -0.1) is 0 Å². The molecule has 0 bridgehead atoms. The Balaban J connectivity index is 2.40. The summed E-state index contributed by atoms with van der Waals surface area (Å²) in [4.78, 5) is 8.11. The van der Waals surface area contributed by atoms with Crippen LogP contribution in [0, 0.1) is 6.92 Å². The third kappa shape index (κ3) is 3.13. The number of ether oxygens (including phenoxy) is 1. The van der Waals surface area contributed by atoms with Crippen LogP contribution in [0.2, 0.25) is 0 Å². The number of anilines is 1. The van der Waals surface area contributed by atoms with E-state index in [0.717, 1.165) is 4.31 Å². The minimum atomic E-state index is -3.68. The first kappa shape index (κ1) is 15.2. The number of rotatable bonds is 5. The van der Waals surface area contributed by atoms with E-state index in [1.165, 1.54) is 25.6 Å². The lowest BCUT2D eigenvalue weighted by Gasteiger charge is -2.19. The lowest BCUT2D eigenvalue weighted by atomic mass is 10.2. The summed E-state index contributed by atoms with van der Waals surface area (Å²) in [6, 6.07) is 4.90. The Hall–Kier alpha value is -2.15. The van der Waals surface area contributed by atoms with Gasteiger partial charge in [0.25, 0.3) is 10.0 Å². The van der Waals surface area contributed by atoms with Gasteiger partial charge in [0.2, 0.25) is 0 Å². The fourth-order valence-corrected chi connectivity index (χ4v) is 3.23. The van der Waals surface area contributed by atoms with E-state index in [4.69, 9.17) is 4.74 Å². The summed E-state index contributed by atoms with van der Waals surface area (Å²) in [5.41, 5.74) is 0.622. The molecule has 0 fully saturated rings. The van der Waals surface area contributed by atoms with E-state index in [0.29, 0.717) is 17.9 Å². The highest BCUT2D eigenvalue weighted by Gasteiger charge is 2.24. The summed E-state index contributed by atoms with van der Waals surface area (Å²) in [5, 5.41) is 0. The van der Waals surface area contributed by atoms with Gasteiger partial charge in [-0.2, -0.15) is 0 Å². The van der Waals surface area contributed by atoms with Crippen molar-refractivity contribution >= 4 is 15.8 Å². The predicted octanol–water partition coefficient (Wildman–Crippen LogP) is 2.01. The molecule has 7 heteroatoms. The number of hydrogen-bond donors (Lipinski definition) is 0. The number of aryl methyl sites for hydroxylation is 1. The van der Waals surface area contributed by atoms with Gasteiger partial charge < -0.3 is 4.74 Å². The molecule has 0 unspecified atom stereocenters. The summed E-state index contributed by atoms with van der Waals surface area (Å²) >= 11 is 0. The van der Waals surface area contributed by atoms with Crippen LogP contribution in [0.25, 0.3) is 0 Å². The van der Waals surface area contributed by atoms with E-state index >= 15 is 0 Å². The van der Waals surface area contributed by atoms with Gasteiger partial charge in [-0.1, -0.05) is 0 Å². The molecular formula is C14H17N3O3S. The lowest BCUT2D eigenvalue weighted by Crippen LogP contribution is -2.28. The number of sulfonamides is 1. The van der Waals surface area contributed by atoms with Crippen molar-refractivity contribution in [3.8, 4) is 5.75 Å². The second-order valence-corrected chi connectivity index (χ2v) is 6.33. The molecule has 0 spiro atoms. The highest BCUT2D eigenvalue weighted by atomic mass is 32.2. The second kappa shape index (κ2) is 6.09. The fourth-order valence-electron chi connectivity index (χ4n) is 1.89. The zero-order valence-corrected chi connectivity index (χ0v) is 13.0. The van der Waals surface area contributed by atoms with E-state index < -0.39 is 10.0 Å². The van der Waals surface area contributed by atoms with E-state index in [1.54, 1.807) is 25.1 Å². The first-order chi connectivity index (χ1) is 9.96. The quantitative estimate of drug-likeness (QED) is 0.845. The molecule has 112 valence electrons. The molecule has 0 radical (unpaired) electrons. The number of benzene rings is 1. The van der Waals surface area contributed by atoms with Gasteiger partial charge in [-0.25, -0.2) is 13.4 Å². The molecule has 0 aliphatic carbocycles. The summed E-state index contributed by atoms with van der Waals surface area (Å²) in [7, 11) is -2.23. The van der Waals surface area contributed by atoms with Crippen LogP contribution < -0.4 is 9.04 Å². The smallest absolute Gasteiger partial charge is 0.265 e. The fraction of sp³-hybridized carbons (Fsp3) is 0.286. The molecule has 0 N–H and O–H groups in total. The first-order valence-corrected chi connectivity index (χ1v) is 7.89. The molecule has 2 aromatic rings. The van der Waals surface area contributed by atoms with Gasteiger partial charge >= 0.3 is 0 Å². The Kier molecular flexibility index (Phi) is 4.42. The summed E-state index contributed by atoms with van der Waals surface area (Å²) in [6.45, 7) is 4.15. The van der Waals surface area contributed by atoms with Crippen molar-refractivity contribution in [2.45, 2.75) is 18.7 Å². The third-order valence-corrected chi connectivity index (χ3v) is 4.89. The lowest BCUT2D eigenvalue weighted by molar-refractivity contribution is 0.339. The highest BCUT2D eigenvalue weighted by Crippen LogP contribution is 2.25. The second-order valence-electron chi connectivity index (χ2n) is 4.40. The minimum absolute atomic E-state index is 0.221. The van der Waals surface area contributed by atoms with Gasteiger partial charge in [0, 0.05) is 19.4 Å². The molecule has 0 aliphatic heterocycles. The van der Waals surface area contributed by atoms with E-state index in [-0.39, 0.29) is 10.7 Å². The average Bonchev–Trinajstić information content (AvgIpc) is 2.47. The summed E-state index contributed by atoms with van der Waals surface area (Å²) in [6.07, 6.45) is 4.35. The zero-order valence-electron chi connectivity index (χ0n) is 12.1. The Labute approximate surface area is 124 Å². The number of aromatic nitrogens is 2. The molecule has 0 saturated heterocycles. The predicted molar refractivity (Wildman–Crippen MR) is 80.0 cm³/mol. The molecule has 1 heterocycles. The van der Waals surface area contributed by atoms with Gasteiger partial charge in [0.1, 0.15) is 5.75 Å². The Bertz CT molecular complexity index is 717. The van der Waals surface area contributed by atoms with Crippen molar-refractivity contribution in [2.75, 3.05) is 18.0 Å². The maximum Gasteiger partial charge on any atom is 0.265 e. The van der Waals surface area contributed by atoms with Crippen LogP contribution in [-0.4, -0.2) is 32.0 Å². The maximum absolute atomic E-state index is 12.6. The topological polar surface area (TPSA) is 72.4 Å². The standard InChI is InChI=1S/C14H17N3O3S/c1-4-20-12-5-6-13(11(2)9-12)21(18,19)17(3)14-10-15-7-8-16-14/h5-10H,4H2,1-3H3. The molecule has 21 heavy (non-hydrogen) atoms. The normalized spacial score (nSPS) is 11.2. The molecule has 0 aliphatic rings. The summed E-state index contributed by atoms with van der Waals surface area (Å²) in [5.74, 6) is 0.918. The van der Waals surface area contributed by atoms with Gasteiger partial charge in [0.15, 0.2) is 5.82 Å². The molecule has 2 rings (SSSR count). The molecule has 0 saturated carbocycles. The van der Waals surface area contributed by atoms with Crippen LogP contribution in [0.4, 0.5) is 5.82 Å². The molecule has 1 aromatic heterocycles. The van der Waals surface area contributed by atoms with Crippen molar-refractivity contribution in [1.29, 1.82) is 0 Å². The molecule has 6 nitrogen and oxygen atoms in total. The van der Waals surface area contributed by atoms with E-state index in [2.05, 4.69) is 9.97 Å². The van der Waals surface area contributed by atoms with Crippen LogP contribution in [-0.2, 0) is 10.0 Å². The zero-order chi connectivity index (χ0) is 15.5. The first-order valence-electron chi connectivity index (χ1n) is 6.45. The van der Waals surface area contributed by atoms with Crippen LogP contribution in [0.15, 0.2) is 41.7 Å².